The van der Waals surface area contributed by atoms with E-state index in [9.17, 15) is 0 Å². The van der Waals surface area contributed by atoms with Crippen molar-refractivity contribution in [3.05, 3.63) is 57.0 Å². The highest BCUT2D eigenvalue weighted by Crippen LogP contribution is 2.32. The third-order valence-corrected chi connectivity index (χ3v) is 7.95. The molecule has 1 unspecified atom stereocenters. The molecule has 1 fully saturated rings. The molecular weight excluding hydrogens is 521 g/mol. The summed E-state index contributed by atoms with van der Waals surface area (Å²) in [6.07, 6.45) is 16.3. The van der Waals surface area contributed by atoms with Crippen molar-refractivity contribution in [2.24, 2.45) is 9.98 Å². The number of fused-ring (bicyclic) bond motifs is 2. The highest BCUT2D eigenvalue weighted by atomic mass is 35.5. The maximum Gasteiger partial charge on any atom is 0.232 e. The quantitative estimate of drug-likeness (QED) is 0.555. The molecule has 198 valence electrons. The molecule has 6 rings (SSSR count). The number of rotatable bonds is 5. The van der Waals surface area contributed by atoms with Crippen LogP contribution in [0.1, 0.15) is 44.9 Å². The molecule has 1 atom stereocenters. The van der Waals surface area contributed by atoms with E-state index in [2.05, 4.69) is 39.2 Å². The summed E-state index contributed by atoms with van der Waals surface area (Å²) in [5, 5.41) is 7.04. The lowest BCUT2D eigenvalue weighted by atomic mass is 10.0. The van der Waals surface area contributed by atoms with Crippen LogP contribution in [0.25, 0.3) is 29.2 Å². The zero-order valence-corrected chi connectivity index (χ0v) is 22.9. The zero-order chi connectivity index (χ0) is 26.1. The van der Waals surface area contributed by atoms with E-state index in [1.165, 1.54) is 0 Å². The van der Waals surface area contributed by atoms with Crippen LogP contribution in [-0.2, 0) is 9.47 Å². The van der Waals surface area contributed by atoms with Crippen LogP contribution in [0, 0.1) is 0 Å². The first kappa shape index (κ1) is 25.4. The molecule has 0 aromatic heterocycles. The number of hydrogen-bond donors (Lipinski definition) is 1. The summed E-state index contributed by atoms with van der Waals surface area (Å²) < 4.78 is 13.4. The minimum atomic E-state index is -0.245. The fourth-order valence-electron chi connectivity index (χ4n) is 5.38. The van der Waals surface area contributed by atoms with Crippen molar-refractivity contribution in [1.29, 1.82) is 0 Å². The Kier molecular flexibility index (Phi) is 7.41. The fraction of sp³-hybridized carbons (Fsp3) is 0.414. The number of methoxy groups -OCH3 is 1. The van der Waals surface area contributed by atoms with Crippen molar-refractivity contribution in [2.45, 2.75) is 56.4 Å². The lowest BCUT2D eigenvalue weighted by Gasteiger charge is -2.26. The monoisotopic (exact) mass is 551 g/mol. The van der Waals surface area contributed by atoms with Gasteiger partial charge in [0.1, 0.15) is 0 Å². The van der Waals surface area contributed by atoms with Crippen LogP contribution in [0.2, 0.25) is 0 Å². The van der Waals surface area contributed by atoms with E-state index in [0.29, 0.717) is 12.3 Å². The average molecular weight is 553 g/mol. The molecule has 0 aromatic carbocycles. The molecule has 6 aliphatic rings. The number of anilines is 1. The average Bonchev–Trinajstić information content (AvgIpc) is 2.93. The summed E-state index contributed by atoms with van der Waals surface area (Å²) in [5.41, 5.74) is 4.67. The smallest absolute Gasteiger partial charge is 0.232 e. The molecule has 0 saturated carbocycles. The summed E-state index contributed by atoms with van der Waals surface area (Å²) in [6.45, 7) is 1.46. The van der Waals surface area contributed by atoms with E-state index in [0.717, 1.165) is 101 Å². The normalized spacial score (nSPS) is 22.4. The van der Waals surface area contributed by atoms with Crippen molar-refractivity contribution in [1.82, 2.24) is 9.55 Å². The molecule has 0 aromatic rings. The molecule has 0 bridgehead atoms. The van der Waals surface area contributed by atoms with Crippen LogP contribution in [0.15, 0.2) is 50.9 Å². The molecule has 3 aliphatic carbocycles. The highest BCUT2D eigenvalue weighted by Gasteiger charge is 2.24. The maximum atomic E-state index is 6.90. The minimum absolute atomic E-state index is 0.192. The lowest BCUT2D eigenvalue weighted by molar-refractivity contribution is 0.0864. The Bertz CT molecular complexity index is 1530. The number of alkyl halides is 1. The van der Waals surface area contributed by atoms with Crippen molar-refractivity contribution in [3.8, 4) is 11.4 Å². The number of nitrogens with zero attached hydrogens (tertiary/aromatic N) is 4. The van der Waals surface area contributed by atoms with Gasteiger partial charge in [-0.1, -0.05) is 23.8 Å². The van der Waals surface area contributed by atoms with E-state index in [1.807, 2.05) is 18.4 Å². The van der Waals surface area contributed by atoms with Crippen molar-refractivity contribution in [3.63, 3.8) is 0 Å². The first-order valence-electron chi connectivity index (χ1n) is 13.3. The topological polar surface area (TPSA) is 73.0 Å². The van der Waals surface area contributed by atoms with Crippen molar-refractivity contribution >= 4 is 53.0 Å². The largest absolute Gasteiger partial charge is 0.480 e. The highest BCUT2D eigenvalue weighted by molar-refractivity contribution is 6.32. The number of hydrogen-bond acceptors (Lipinski definition) is 6. The lowest BCUT2D eigenvalue weighted by Crippen LogP contribution is -2.42. The van der Waals surface area contributed by atoms with Gasteiger partial charge in [0.2, 0.25) is 5.88 Å². The molecule has 0 amide bonds. The van der Waals surface area contributed by atoms with Gasteiger partial charge in [-0.3, -0.25) is 4.99 Å². The van der Waals surface area contributed by atoms with E-state index in [1.54, 1.807) is 7.11 Å². The number of allylic oxidation sites excluding steroid dienone is 5. The Morgan fingerprint density at radius 1 is 1.13 bits per heavy atom. The van der Waals surface area contributed by atoms with Gasteiger partial charge < -0.3 is 19.4 Å². The second-order valence-electron chi connectivity index (χ2n) is 9.87. The number of ether oxygens (including phenoxy) is 2. The van der Waals surface area contributed by atoms with Gasteiger partial charge in [0.15, 0.2) is 0 Å². The second kappa shape index (κ2) is 11.1. The summed E-state index contributed by atoms with van der Waals surface area (Å²) in [6, 6.07) is 4.44. The number of benzene rings is 1. The Morgan fingerprint density at radius 3 is 2.79 bits per heavy atom. The van der Waals surface area contributed by atoms with Gasteiger partial charge >= 0.3 is 0 Å². The number of halogens is 2. The van der Waals surface area contributed by atoms with E-state index >= 15 is 0 Å². The van der Waals surface area contributed by atoms with Gasteiger partial charge in [-0.25, -0.2) is 9.98 Å². The number of nitrogens with one attached hydrogen (secondary N) is 1. The molecule has 0 radical (unpaired) electrons. The number of aliphatic imine (C=N–C) groups is 1. The molecule has 0 spiro atoms. The Hall–Kier alpha value is -2.87. The van der Waals surface area contributed by atoms with Gasteiger partial charge in [0, 0.05) is 36.6 Å². The number of aromatic nitrogens is 2. The summed E-state index contributed by atoms with van der Waals surface area (Å²) >= 11 is 13.2. The first-order valence-corrected chi connectivity index (χ1v) is 14.1. The Morgan fingerprint density at radius 2 is 1.97 bits per heavy atom. The van der Waals surface area contributed by atoms with Crippen LogP contribution < -0.4 is 21.4 Å². The summed E-state index contributed by atoms with van der Waals surface area (Å²) in [4.78, 5) is 14.8. The standard InChI is InChI=1S/C29H31Cl2N5O2/c1-37-29-22(6-4-12-32-29)35-23-16-25-28(17-24(23)33-19-10-13-38-14-11-19)36(26-9-8-18(30)15-20(26)31)27-7-3-2-5-21(27)34-25/h5,7-9,12,16-17,19-20,35H,2-4,6,10-11,13-15H2,1H3. The Labute approximate surface area is 231 Å². The van der Waals surface area contributed by atoms with Crippen LogP contribution in [0.3, 0.4) is 0 Å². The Balaban J connectivity index is 1.61. The van der Waals surface area contributed by atoms with E-state index in [4.69, 9.17) is 42.7 Å². The molecule has 3 aliphatic heterocycles. The zero-order valence-electron chi connectivity index (χ0n) is 21.4. The molecule has 1 N–H and O–H groups in total. The van der Waals surface area contributed by atoms with Gasteiger partial charge in [0.05, 0.1) is 57.4 Å². The van der Waals surface area contributed by atoms with Crippen LogP contribution in [-0.4, -0.2) is 47.5 Å². The second-order valence-corrected chi connectivity index (χ2v) is 10.9. The molecule has 7 nitrogen and oxygen atoms in total. The molecule has 1 saturated heterocycles. The van der Waals surface area contributed by atoms with Gasteiger partial charge in [-0.15, -0.1) is 11.6 Å². The molecular formula is C29H31Cl2N5O2. The third kappa shape index (κ3) is 5.07. The van der Waals surface area contributed by atoms with Crippen LogP contribution in [0.4, 0.5) is 5.69 Å². The SMILES string of the molecule is COC1=C(Nc2cc3nc4c(n(C5=CC=C(Cl)CC5Cl)c-3cc2=NC2CCOCC2)=CCCC=4)CCC=N1. The predicted octanol–water partition coefficient (Wildman–Crippen LogP) is 4.49. The summed E-state index contributed by atoms with van der Waals surface area (Å²) in [5.74, 6) is 0.603. The molecule has 3 heterocycles. The van der Waals surface area contributed by atoms with Crippen LogP contribution >= 0.6 is 23.2 Å². The van der Waals surface area contributed by atoms with E-state index < -0.39 is 0 Å². The fourth-order valence-corrected chi connectivity index (χ4v) is 6.02. The van der Waals surface area contributed by atoms with Crippen molar-refractivity contribution in [2.75, 3.05) is 25.6 Å². The van der Waals surface area contributed by atoms with Crippen LogP contribution in [0.5, 0.6) is 0 Å². The van der Waals surface area contributed by atoms with Gasteiger partial charge in [-0.2, -0.15) is 0 Å². The van der Waals surface area contributed by atoms with Crippen molar-refractivity contribution < 1.29 is 9.47 Å². The first-order chi connectivity index (χ1) is 18.6. The molecule has 9 heteroatoms. The van der Waals surface area contributed by atoms with E-state index in [-0.39, 0.29) is 11.4 Å². The maximum absolute atomic E-state index is 6.90. The predicted molar refractivity (Wildman–Crippen MR) is 154 cm³/mol. The third-order valence-electron chi connectivity index (χ3n) is 7.29. The summed E-state index contributed by atoms with van der Waals surface area (Å²) in [7, 11) is 1.65. The van der Waals surface area contributed by atoms with Gasteiger partial charge in [0.25, 0.3) is 0 Å². The minimum Gasteiger partial charge on any atom is -0.480 e. The van der Waals surface area contributed by atoms with Gasteiger partial charge in [-0.05, 0) is 62.8 Å². The molecule has 38 heavy (non-hydrogen) atoms.